The van der Waals surface area contributed by atoms with Crippen LogP contribution in [0.5, 0.6) is 11.5 Å². The first-order valence-corrected chi connectivity index (χ1v) is 6.94. The molecule has 3 nitrogen and oxygen atoms in total. The summed E-state index contributed by atoms with van der Waals surface area (Å²) in [4.78, 5) is 0. The number of rotatable bonds is 1. The van der Waals surface area contributed by atoms with Gasteiger partial charge in [-0.15, -0.1) is 0 Å². The van der Waals surface area contributed by atoms with E-state index in [9.17, 15) is 0 Å². The lowest BCUT2D eigenvalue weighted by Crippen LogP contribution is -2.27. The summed E-state index contributed by atoms with van der Waals surface area (Å²) < 4.78 is 11.3. The van der Waals surface area contributed by atoms with Gasteiger partial charge in [0.1, 0.15) is 13.2 Å². The molecule has 0 bridgehead atoms. The maximum absolute atomic E-state index is 6.32. The van der Waals surface area contributed by atoms with Crippen LogP contribution in [0.15, 0.2) is 6.07 Å². The van der Waals surface area contributed by atoms with Crippen molar-refractivity contribution in [3.05, 3.63) is 22.2 Å². The van der Waals surface area contributed by atoms with Crippen molar-refractivity contribution >= 4 is 11.6 Å². The SMILES string of the molecule is Cc1c(C2CCNCC2)cc(Cl)c2c1OCCO2. The average molecular weight is 268 g/mol. The lowest BCUT2D eigenvalue weighted by molar-refractivity contribution is 0.170. The quantitative estimate of drug-likeness (QED) is 0.849. The summed E-state index contributed by atoms with van der Waals surface area (Å²) in [5.74, 6) is 2.15. The molecule has 2 heterocycles. The molecule has 2 aliphatic rings. The molecular formula is C14H18ClNO2. The predicted molar refractivity (Wildman–Crippen MR) is 72.0 cm³/mol. The molecule has 2 aliphatic heterocycles. The van der Waals surface area contributed by atoms with E-state index >= 15 is 0 Å². The summed E-state index contributed by atoms with van der Waals surface area (Å²) in [5, 5.41) is 4.08. The van der Waals surface area contributed by atoms with Crippen molar-refractivity contribution in [3.63, 3.8) is 0 Å². The number of hydrogen-bond donors (Lipinski definition) is 1. The van der Waals surface area contributed by atoms with Crippen LogP contribution in [-0.4, -0.2) is 26.3 Å². The largest absolute Gasteiger partial charge is 0.486 e. The van der Waals surface area contributed by atoms with E-state index in [1.54, 1.807) is 0 Å². The van der Waals surface area contributed by atoms with Crippen LogP contribution in [0.1, 0.15) is 29.9 Å². The molecule has 0 atom stereocenters. The highest BCUT2D eigenvalue weighted by atomic mass is 35.5. The highest BCUT2D eigenvalue weighted by Gasteiger charge is 2.25. The molecule has 0 amide bonds. The lowest BCUT2D eigenvalue weighted by atomic mass is 9.87. The van der Waals surface area contributed by atoms with Gasteiger partial charge in [-0.2, -0.15) is 0 Å². The number of nitrogens with one attached hydrogen (secondary N) is 1. The molecule has 1 aromatic rings. The molecule has 1 N–H and O–H groups in total. The van der Waals surface area contributed by atoms with E-state index in [-0.39, 0.29) is 0 Å². The van der Waals surface area contributed by atoms with Crippen molar-refractivity contribution in [1.82, 2.24) is 5.32 Å². The van der Waals surface area contributed by atoms with Crippen molar-refractivity contribution in [2.45, 2.75) is 25.7 Å². The second kappa shape index (κ2) is 4.98. The van der Waals surface area contributed by atoms with Gasteiger partial charge in [-0.3, -0.25) is 0 Å². The number of hydrogen-bond acceptors (Lipinski definition) is 3. The molecule has 4 heteroatoms. The van der Waals surface area contributed by atoms with Crippen molar-refractivity contribution in [2.75, 3.05) is 26.3 Å². The summed E-state index contributed by atoms with van der Waals surface area (Å²) >= 11 is 6.32. The zero-order valence-electron chi connectivity index (χ0n) is 10.6. The van der Waals surface area contributed by atoms with E-state index in [0.29, 0.717) is 24.2 Å². The molecule has 0 saturated carbocycles. The summed E-state index contributed by atoms with van der Waals surface area (Å²) in [5.41, 5.74) is 2.52. The summed E-state index contributed by atoms with van der Waals surface area (Å²) in [7, 11) is 0. The van der Waals surface area contributed by atoms with Gasteiger partial charge in [-0.1, -0.05) is 11.6 Å². The predicted octanol–water partition coefficient (Wildman–Crippen LogP) is 2.89. The molecule has 18 heavy (non-hydrogen) atoms. The van der Waals surface area contributed by atoms with E-state index in [0.717, 1.165) is 37.4 Å². The van der Waals surface area contributed by atoms with Gasteiger partial charge >= 0.3 is 0 Å². The van der Waals surface area contributed by atoms with E-state index < -0.39 is 0 Å². The Morgan fingerprint density at radius 1 is 1.17 bits per heavy atom. The number of benzene rings is 1. The van der Waals surface area contributed by atoms with Gasteiger partial charge in [0.05, 0.1) is 5.02 Å². The topological polar surface area (TPSA) is 30.5 Å². The van der Waals surface area contributed by atoms with E-state index in [1.807, 2.05) is 0 Å². The van der Waals surface area contributed by atoms with Crippen molar-refractivity contribution in [1.29, 1.82) is 0 Å². The highest BCUT2D eigenvalue weighted by molar-refractivity contribution is 6.32. The van der Waals surface area contributed by atoms with Crippen LogP contribution in [0.3, 0.4) is 0 Å². The third kappa shape index (κ3) is 2.06. The standard InChI is InChI=1S/C14H18ClNO2/c1-9-11(10-2-4-16-5-3-10)8-12(15)14-13(9)17-6-7-18-14/h8,10,16H,2-7H2,1H3. The molecule has 0 unspecified atom stereocenters. The maximum atomic E-state index is 6.32. The second-order valence-corrected chi connectivity index (χ2v) is 5.36. The summed E-state index contributed by atoms with van der Waals surface area (Å²) in [6, 6.07) is 2.07. The minimum absolute atomic E-state index is 0.582. The maximum Gasteiger partial charge on any atom is 0.180 e. The van der Waals surface area contributed by atoms with Gasteiger partial charge in [-0.05, 0) is 56.0 Å². The normalized spacial score (nSPS) is 19.9. The third-order valence-electron chi connectivity index (χ3n) is 3.83. The van der Waals surface area contributed by atoms with Crippen LogP contribution < -0.4 is 14.8 Å². The molecule has 1 aromatic carbocycles. The highest BCUT2D eigenvalue weighted by Crippen LogP contribution is 2.44. The fourth-order valence-electron chi connectivity index (χ4n) is 2.87. The molecule has 0 radical (unpaired) electrons. The van der Waals surface area contributed by atoms with Gasteiger partial charge in [0.25, 0.3) is 0 Å². The van der Waals surface area contributed by atoms with E-state index in [2.05, 4.69) is 18.3 Å². The molecular weight excluding hydrogens is 250 g/mol. The Labute approximate surface area is 112 Å². The Bertz CT molecular complexity index is 456. The zero-order valence-corrected chi connectivity index (χ0v) is 11.3. The van der Waals surface area contributed by atoms with Gasteiger partial charge in [0.2, 0.25) is 0 Å². The fourth-order valence-corrected chi connectivity index (χ4v) is 3.13. The Morgan fingerprint density at radius 2 is 1.83 bits per heavy atom. The molecule has 1 fully saturated rings. The fraction of sp³-hybridized carbons (Fsp3) is 0.571. The monoisotopic (exact) mass is 267 g/mol. The lowest BCUT2D eigenvalue weighted by Gasteiger charge is -2.28. The van der Waals surface area contributed by atoms with Gasteiger partial charge < -0.3 is 14.8 Å². The van der Waals surface area contributed by atoms with Gasteiger partial charge in [0, 0.05) is 0 Å². The van der Waals surface area contributed by atoms with E-state index in [4.69, 9.17) is 21.1 Å². The minimum atomic E-state index is 0.582. The Morgan fingerprint density at radius 3 is 2.56 bits per heavy atom. The van der Waals surface area contributed by atoms with Crippen molar-refractivity contribution < 1.29 is 9.47 Å². The van der Waals surface area contributed by atoms with Crippen LogP contribution in [0, 0.1) is 6.92 Å². The molecule has 98 valence electrons. The van der Waals surface area contributed by atoms with Gasteiger partial charge in [0.15, 0.2) is 11.5 Å². The number of ether oxygens (including phenoxy) is 2. The second-order valence-electron chi connectivity index (χ2n) is 4.95. The Balaban J connectivity index is 2.01. The van der Waals surface area contributed by atoms with Crippen LogP contribution >= 0.6 is 11.6 Å². The average Bonchev–Trinajstić information content (AvgIpc) is 2.44. The number of halogens is 1. The minimum Gasteiger partial charge on any atom is -0.486 e. The van der Waals surface area contributed by atoms with Crippen LogP contribution in [0.4, 0.5) is 0 Å². The van der Waals surface area contributed by atoms with Gasteiger partial charge in [-0.25, -0.2) is 0 Å². The molecule has 1 saturated heterocycles. The van der Waals surface area contributed by atoms with Crippen molar-refractivity contribution in [2.24, 2.45) is 0 Å². The smallest absolute Gasteiger partial charge is 0.180 e. The summed E-state index contributed by atoms with van der Waals surface area (Å²) in [6.45, 7) is 5.46. The van der Waals surface area contributed by atoms with Crippen LogP contribution in [0.25, 0.3) is 0 Å². The van der Waals surface area contributed by atoms with Crippen molar-refractivity contribution in [3.8, 4) is 11.5 Å². The first-order chi connectivity index (χ1) is 8.77. The number of piperidine rings is 1. The third-order valence-corrected chi connectivity index (χ3v) is 4.11. The molecule has 3 rings (SSSR count). The Kier molecular flexibility index (Phi) is 3.35. The zero-order chi connectivity index (χ0) is 12.5. The van der Waals surface area contributed by atoms with Crippen LogP contribution in [0.2, 0.25) is 5.02 Å². The van der Waals surface area contributed by atoms with Crippen LogP contribution in [-0.2, 0) is 0 Å². The molecule has 0 aromatic heterocycles. The van der Waals surface area contributed by atoms with E-state index in [1.165, 1.54) is 11.1 Å². The Hall–Kier alpha value is -0.930. The first kappa shape index (κ1) is 12.1. The molecule has 0 spiro atoms. The summed E-state index contributed by atoms with van der Waals surface area (Å²) in [6.07, 6.45) is 2.33. The first-order valence-electron chi connectivity index (χ1n) is 6.56. The molecule has 0 aliphatic carbocycles. The number of fused-ring (bicyclic) bond motifs is 1.